The molecule has 2 rings (SSSR count). The quantitative estimate of drug-likeness (QED) is 0.862. The summed E-state index contributed by atoms with van der Waals surface area (Å²) in [5.41, 5.74) is 0.965. The highest BCUT2D eigenvalue weighted by atomic mass is 16.5. The maximum atomic E-state index is 12.6. The summed E-state index contributed by atoms with van der Waals surface area (Å²) in [6.45, 7) is 4.87. The van der Waals surface area contributed by atoms with E-state index in [0.29, 0.717) is 12.5 Å². The van der Waals surface area contributed by atoms with E-state index in [4.69, 9.17) is 4.74 Å². The molecule has 1 heterocycles. The van der Waals surface area contributed by atoms with Crippen LogP contribution in [0.3, 0.4) is 0 Å². The molecule has 1 N–H and O–H groups in total. The van der Waals surface area contributed by atoms with Crippen molar-refractivity contribution in [1.29, 1.82) is 0 Å². The van der Waals surface area contributed by atoms with E-state index in [1.807, 2.05) is 29.2 Å². The molecule has 0 bridgehead atoms. The average Bonchev–Trinajstić information content (AvgIpc) is 2.99. The van der Waals surface area contributed by atoms with Crippen molar-refractivity contribution in [2.24, 2.45) is 0 Å². The Balaban J connectivity index is 2.07. The number of amides is 1. The van der Waals surface area contributed by atoms with Crippen LogP contribution in [0.1, 0.15) is 25.3 Å². The van der Waals surface area contributed by atoms with Gasteiger partial charge in [0.1, 0.15) is 5.75 Å². The normalized spacial score (nSPS) is 18.0. The standard InChI is InChI=1S/C16H24N2O2/c1-3-10-18(14-8-9-17-12-14)16(19)11-13-6-4-5-7-15(13)20-2/h4-7,14,17H,3,8-12H2,1-2H3. The Labute approximate surface area is 121 Å². The Kier molecular flexibility index (Phi) is 5.41. The zero-order valence-corrected chi connectivity index (χ0v) is 12.4. The van der Waals surface area contributed by atoms with Gasteiger partial charge in [0.2, 0.25) is 5.91 Å². The zero-order chi connectivity index (χ0) is 14.4. The molecule has 1 aromatic carbocycles. The van der Waals surface area contributed by atoms with Crippen LogP contribution in [0.4, 0.5) is 0 Å². The van der Waals surface area contributed by atoms with E-state index in [9.17, 15) is 4.79 Å². The number of nitrogens with zero attached hydrogens (tertiary/aromatic N) is 1. The van der Waals surface area contributed by atoms with Crippen LogP contribution in [0, 0.1) is 0 Å². The van der Waals surface area contributed by atoms with E-state index in [-0.39, 0.29) is 5.91 Å². The molecule has 0 radical (unpaired) electrons. The molecule has 20 heavy (non-hydrogen) atoms. The smallest absolute Gasteiger partial charge is 0.227 e. The summed E-state index contributed by atoms with van der Waals surface area (Å²) in [5, 5.41) is 3.33. The van der Waals surface area contributed by atoms with Crippen LogP contribution < -0.4 is 10.1 Å². The van der Waals surface area contributed by atoms with Gasteiger partial charge in [0, 0.05) is 24.7 Å². The molecule has 110 valence electrons. The minimum Gasteiger partial charge on any atom is -0.496 e. The Morgan fingerprint density at radius 1 is 1.45 bits per heavy atom. The molecule has 1 saturated heterocycles. The molecule has 1 aliphatic rings. The predicted molar refractivity (Wildman–Crippen MR) is 80.0 cm³/mol. The molecule has 1 amide bonds. The van der Waals surface area contributed by atoms with Crippen LogP contribution in [0.15, 0.2) is 24.3 Å². The van der Waals surface area contributed by atoms with Gasteiger partial charge < -0.3 is 15.0 Å². The number of methoxy groups -OCH3 is 1. The molecule has 4 nitrogen and oxygen atoms in total. The van der Waals surface area contributed by atoms with Crippen molar-refractivity contribution in [2.45, 2.75) is 32.2 Å². The van der Waals surface area contributed by atoms with E-state index in [2.05, 4.69) is 12.2 Å². The fraction of sp³-hybridized carbons (Fsp3) is 0.562. The third-order valence-electron chi connectivity index (χ3n) is 3.79. The summed E-state index contributed by atoms with van der Waals surface area (Å²) in [5.74, 6) is 0.992. The van der Waals surface area contributed by atoms with Gasteiger partial charge in [0.15, 0.2) is 0 Å². The predicted octanol–water partition coefficient (Wildman–Crippen LogP) is 1.84. The van der Waals surface area contributed by atoms with E-state index in [1.54, 1.807) is 7.11 Å². The largest absolute Gasteiger partial charge is 0.496 e. The Hall–Kier alpha value is -1.55. The molecule has 0 spiro atoms. The SMILES string of the molecule is CCCN(C(=O)Cc1ccccc1OC)C1CCNC1. The zero-order valence-electron chi connectivity index (χ0n) is 12.4. The van der Waals surface area contributed by atoms with Crippen molar-refractivity contribution < 1.29 is 9.53 Å². The van der Waals surface area contributed by atoms with Crippen LogP contribution in [0.2, 0.25) is 0 Å². The Bertz CT molecular complexity index is 442. The number of hydrogen-bond acceptors (Lipinski definition) is 3. The number of rotatable bonds is 6. The van der Waals surface area contributed by atoms with Crippen LogP contribution in [0.5, 0.6) is 5.75 Å². The fourth-order valence-corrected chi connectivity index (χ4v) is 2.77. The number of nitrogens with one attached hydrogen (secondary N) is 1. The number of ether oxygens (including phenoxy) is 1. The number of carbonyl (C=O) groups excluding carboxylic acids is 1. The summed E-state index contributed by atoms with van der Waals surface area (Å²) in [7, 11) is 1.65. The third kappa shape index (κ3) is 3.51. The van der Waals surface area contributed by atoms with Gasteiger partial charge >= 0.3 is 0 Å². The number of hydrogen-bond donors (Lipinski definition) is 1. The van der Waals surface area contributed by atoms with Gasteiger partial charge in [-0.25, -0.2) is 0 Å². The van der Waals surface area contributed by atoms with Crippen molar-refractivity contribution in [2.75, 3.05) is 26.7 Å². The Morgan fingerprint density at radius 2 is 2.25 bits per heavy atom. The summed E-state index contributed by atoms with van der Waals surface area (Å²) in [6.07, 6.45) is 2.46. The van der Waals surface area contributed by atoms with Gasteiger partial charge in [-0.3, -0.25) is 4.79 Å². The molecule has 1 fully saturated rings. The van der Waals surface area contributed by atoms with Gasteiger partial charge in [-0.1, -0.05) is 25.1 Å². The van der Waals surface area contributed by atoms with Gasteiger partial charge in [0.05, 0.1) is 13.5 Å². The third-order valence-corrected chi connectivity index (χ3v) is 3.79. The van der Waals surface area contributed by atoms with Gasteiger partial charge in [0.25, 0.3) is 0 Å². The summed E-state index contributed by atoms with van der Waals surface area (Å²) >= 11 is 0. The second-order valence-corrected chi connectivity index (χ2v) is 5.22. The Morgan fingerprint density at radius 3 is 2.90 bits per heavy atom. The highest BCUT2D eigenvalue weighted by Crippen LogP contribution is 2.20. The molecule has 0 aromatic heterocycles. The lowest BCUT2D eigenvalue weighted by atomic mass is 10.1. The second-order valence-electron chi connectivity index (χ2n) is 5.22. The van der Waals surface area contributed by atoms with Crippen molar-refractivity contribution in [1.82, 2.24) is 10.2 Å². The van der Waals surface area contributed by atoms with Crippen LogP contribution >= 0.6 is 0 Å². The molecular formula is C16H24N2O2. The first-order valence-corrected chi connectivity index (χ1v) is 7.38. The molecule has 1 atom stereocenters. The topological polar surface area (TPSA) is 41.6 Å². The minimum absolute atomic E-state index is 0.199. The van der Waals surface area contributed by atoms with Crippen molar-refractivity contribution in [3.05, 3.63) is 29.8 Å². The number of benzene rings is 1. The minimum atomic E-state index is 0.199. The highest BCUT2D eigenvalue weighted by molar-refractivity contribution is 5.80. The van der Waals surface area contributed by atoms with Crippen molar-refractivity contribution in [3.63, 3.8) is 0 Å². The van der Waals surface area contributed by atoms with Crippen molar-refractivity contribution in [3.8, 4) is 5.75 Å². The summed E-state index contributed by atoms with van der Waals surface area (Å²) < 4.78 is 5.33. The molecule has 1 unspecified atom stereocenters. The summed E-state index contributed by atoms with van der Waals surface area (Å²) in [6, 6.07) is 8.10. The van der Waals surface area contributed by atoms with Gasteiger partial charge in [-0.2, -0.15) is 0 Å². The molecular weight excluding hydrogens is 252 g/mol. The first-order valence-electron chi connectivity index (χ1n) is 7.38. The number of carbonyl (C=O) groups is 1. The lowest BCUT2D eigenvalue weighted by molar-refractivity contribution is -0.132. The van der Waals surface area contributed by atoms with Crippen LogP contribution in [0.25, 0.3) is 0 Å². The maximum Gasteiger partial charge on any atom is 0.227 e. The van der Waals surface area contributed by atoms with E-state index >= 15 is 0 Å². The lowest BCUT2D eigenvalue weighted by Gasteiger charge is -2.28. The monoisotopic (exact) mass is 276 g/mol. The van der Waals surface area contributed by atoms with E-state index in [1.165, 1.54) is 0 Å². The fourth-order valence-electron chi connectivity index (χ4n) is 2.77. The van der Waals surface area contributed by atoms with Gasteiger partial charge in [-0.05, 0) is 25.5 Å². The molecule has 0 saturated carbocycles. The molecule has 1 aliphatic heterocycles. The molecule has 4 heteroatoms. The van der Waals surface area contributed by atoms with E-state index < -0.39 is 0 Å². The molecule has 0 aliphatic carbocycles. The van der Waals surface area contributed by atoms with Gasteiger partial charge in [-0.15, -0.1) is 0 Å². The second kappa shape index (κ2) is 7.29. The maximum absolute atomic E-state index is 12.6. The lowest BCUT2D eigenvalue weighted by Crippen LogP contribution is -2.42. The highest BCUT2D eigenvalue weighted by Gasteiger charge is 2.26. The number of para-hydroxylation sites is 1. The average molecular weight is 276 g/mol. The van der Waals surface area contributed by atoms with Crippen molar-refractivity contribution >= 4 is 5.91 Å². The van der Waals surface area contributed by atoms with Crippen LogP contribution in [-0.4, -0.2) is 43.6 Å². The van der Waals surface area contributed by atoms with E-state index in [0.717, 1.165) is 43.8 Å². The molecule has 1 aromatic rings. The first-order chi connectivity index (χ1) is 9.76. The summed E-state index contributed by atoms with van der Waals surface area (Å²) in [4.78, 5) is 14.6. The van der Waals surface area contributed by atoms with Crippen LogP contribution in [-0.2, 0) is 11.2 Å². The first kappa shape index (κ1) is 14.9.